The molecule has 1 aliphatic heterocycles. The molecule has 29 heavy (non-hydrogen) atoms. The molecule has 2 aromatic heterocycles. The molecule has 0 bridgehead atoms. The van der Waals surface area contributed by atoms with Gasteiger partial charge >= 0.3 is 0 Å². The summed E-state index contributed by atoms with van der Waals surface area (Å²) in [5, 5.41) is 19.1. The molecule has 3 heterocycles. The zero-order valence-corrected chi connectivity index (χ0v) is 16.8. The van der Waals surface area contributed by atoms with Crippen molar-refractivity contribution in [1.82, 2.24) is 20.4 Å². The summed E-state index contributed by atoms with van der Waals surface area (Å²) in [5.41, 5.74) is 1.65. The SMILES string of the molecule is CC(C)(C)Cc1nnc(-c2ccc(NC(=O)C3CN(c4cccnn4)C3)cc2)o1. The third kappa shape index (κ3) is 4.59. The van der Waals surface area contributed by atoms with Crippen molar-refractivity contribution < 1.29 is 9.21 Å². The third-order valence-electron chi connectivity index (χ3n) is 4.68. The summed E-state index contributed by atoms with van der Waals surface area (Å²) < 4.78 is 5.76. The van der Waals surface area contributed by atoms with E-state index in [-0.39, 0.29) is 17.2 Å². The summed E-state index contributed by atoms with van der Waals surface area (Å²) in [6, 6.07) is 11.2. The van der Waals surface area contributed by atoms with Gasteiger partial charge in [-0.15, -0.1) is 15.3 Å². The largest absolute Gasteiger partial charge is 0.421 e. The molecule has 1 aromatic carbocycles. The Labute approximate surface area is 169 Å². The molecule has 0 atom stereocenters. The maximum Gasteiger partial charge on any atom is 0.247 e. The van der Waals surface area contributed by atoms with E-state index in [1.54, 1.807) is 6.20 Å². The number of carbonyl (C=O) groups is 1. The van der Waals surface area contributed by atoms with Gasteiger partial charge in [-0.1, -0.05) is 20.8 Å². The van der Waals surface area contributed by atoms with E-state index in [4.69, 9.17) is 4.42 Å². The molecule has 1 fully saturated rings. The van der Waals surface area contributed by atoms with Crippen LogP contribution in [0, 0.1) is 11.3 Å². The van der Waals surface area contributed by atoms with Crippen LogP contribution in [0.1, 0.15) is 26.7 Å². The molecule has 1 saturated heterocycles. The quantitative estimate of drug-likeness (QED) is 0.712. The predicted octanol–water partition coefficient (Wildman–Crippen LogP) is 3.19. The lowest BCUT2D eigenvalue weighted by atomic mass is 9.92. The molecule has 1 amide bonds. The van der Waals surface area contributed by atoms with Gasteiger partial charge in [0, 0.05) is 37.0 Å². The molecule has 4 rings (SSSR count). The van der Waals surface area contributed by atoms with Crippen LogP contribution in [0.3, 0.4) is 0 Å². The van der Waals surface area contributed by atoms with Crippen molar-refractivity contribution in [3.63, 3.8) is 0 Å². The van der Waals surface area contributed by atoms with Gasteiger partial charge < -0.3 is 14.6 Å². The second kappa shape index (κ2) is 7.62. The summed E-state index contributed by atoms with van der Waals surface area (Å²) in [4.78, 5) is 14.5. The van der Waals surface area contributed by atoms with Crippen molar-refractivity contribution in [1.29, 1.82) is 0 Å². The number of nitrogens with zero attached hydrogens (tertiary/aromatic N) is 5. The number of benzene rings is 1. The van der Waals surface area contributed by atoms with Gasteiger partial charge in [0.2, 0.25) is 17.7 Å². The monoisotopic (exact) mass is 392 g/mol. The second-order valence-corrected chi connectivity index (χ2v) is 8.49. The Balaban J connectivity index is 1.32. The first-order valence-electron chi connectivity index (χ1n) is 9.64. The molecule has 8 heteroatoms. The van der Waals surface area contributed by atoms with Gasteiger partial charge in [0.25, 0.3) is 0 Å². The molecule has 0 radical (unpaired) electrons. The van der Waals surface area contributed by atoms with Crippen molar-refractivity contribution in [3.8, 4) is 11.5 Å². The number of rotatable bonds is 5. The average molecular weight is 392 g/mol. The Kier molecular flexibility index (Phi) is 5.00. The maximum atomic E-state index is 12.4. The van der Waals surface area contributed by atoms with Crippen LogP contribution in [0.2, 0.25) is 0 Å². The lowest BCUT2D eigenvalue weighted by molar-refractivity contribution is -0.120. The van der Waals surface area contributed by atoms with E-state index in [9.17, 15) is 4.79 Å². The molecule has 3 aromatic rings. The zero-order valence-electron chi connectivity index (χ0n) is 16.8. The normalized spacial score (nSPS) is 14.5. The minimum Gasteiger partial charge on any atom is -0.421 e. The molecular formula is C21H24N6O2. The van der Waals surface area contributed by atoms with Crippen LogP contribution in [0.15, 0.2) is 47.0 Å². The fourth-order valence-corrected chi connectivity index (χ4v) is 3.13. The first-order chi connectivity index (χ1) is 13.9. The first kappa shape index (κ1) is 19.0. The van der Waals surface area contributed by atoms with Gasteiger partial charge in [0.1, 0.15) is 0 Å². The maximum absolute atomic E-state index is 12.4. The predicted molar refractivity (Wildman–Crippen MR) is 109 cm³/mol. The highest BCUT2D eigenvalue weighted by molar-refractivity contribution is 5.94. The summed E-state index contributed by atoms with van der Waals surface area (Å²) in [6.45, 7) is 7.66. The van der Waals surface area contributed by atoms with E-state index >= 15 is 0 Å². The molecule has 150 valence electrons. The molecule has 0 spiro atoms. The number of amides is 1. The molecule has 0 unspecified atom stereocenters. The van der Waals surface area contributed by atoms with E-state index in [1.165, 1.54) is 0 Å². The van der Waals surface area contributed by atoms with Gasteiger partial charge in [-0.2, -0.15) is 5.10 Å². The van der Waals surface area contributed by atoms with Gasteiger partial charge in [-0.3, -0.25) is 4.79 Å². The van der Waals surface area contributed by atoms with Crippen molar-refractivity contribution in [2.45, 2.75) is 27.2 Å². The van der Waals surface area contributed by atoms with Gasteiger partial charge in [-0.05, 0) is 41.8 Å². The second-order valence-electron chi connectivity index (χ2n) is 8.49. The highest BCUT2D eigenvalue weighted by Crippen LogP contribution is 2.26. The van der Waals surface area contributed by atoms with Crippen molar-refractivity contribution in [2.24, 2.45) is 11.3 Å². The Hall–Kier alpha value is -3.29. The van der Waals surface area contributed by atoms with Crippen molar-refractivity contribution >= 4 is 17.4 Å². The average Bonchev–Trinajstić information content (AvgIpc) is 3.08. The van der Waals surface area contributed by atoms with E-state index in [0.29, 0.717) is 24.9 Å². The van der Waals surface area contributed by atoms with Crippen LogP contribution in [0.4, 0.5) is 11.5 Å². The molecule has 1 N–H and O–H groups in total. The van der Waals surface area contributed by atoms with Crippen LogP contribution in [-0.2, 0) is 11.2 Å². The standard InChI is InChI=1S/C21H24N6O2/c1-21(2,3)11-18-25-26-20(29-18)14-6-8-16(9-7-14)23-19(28)15-12-27(13-15)17-5-4-10-22-24-17/h4-10,15H,11-13H2,1-3H3,(H,23,28). The number of hydrogen-bond acceptors (Lipinski definition) is 7. The fourth-order valence-electron chi connectivity index (χ4n) is 3.13. The fraction of sp³-hybridized carbons (Fsp3) is 0.381. The highest BCUT2D eigenvalue weighted by Gasteiger charge is 2.33. The first-order valence-corrected chi connectivity index (χ1v) is 9.64. The van der Waals surface area contributed by atoms with E-state index < -0.39 is 0 Å². The van der Waals surface area contributed by atoms with Gasteiger partial charge in [-0.25, -0.2) is 0 Å². The molecule has 8 nitrogen and oxygen atoms in total. The highest BCUT2D eigenvalue weighted by atomic mass is 16.4. The smallest absolute Gasteiger partial charge is 0.247 e. The Bertz CT molecular complexity index is 972. The van der Waals surface area contributed by atoms with E-state index in [2.05, 4.69) is 46.5 Å². The minimum absolute atomic E-state index is 0.00291. The van der Waals surface area contributed by atoms with E-state index in [0.717, 1.165) is 23.5 Å². The third-order valence-corrected chi connectivity index (χ3v) is 4.68. The lowest BCUT2D eigenvalue weighted by Gasteiger charge is -2.38. The number of hydrogen-bond donors (Lipinski definition) is 1. The molecular weight excluding hydrogens is 368 g/mol. The minimum atomic E-state index is -0.0624. The molecule has 0 aliphatic carbocycles. The van der Waals surface area contributed by atoms with Crippen molar-refractivity contribution in [3.05, 3.63) is 48.5 Å². The molecule has 1 aliphatic rings. The van der Waals surface area contributed by atoms with Crippen LogP contribution >= 0.6 is 0 Å². The summed E-state index contributed by atoms with van der Waals surface area (Å²) >= 11 is 0. The Morgan fingerprint density at radius 3 is 2.55 bits per heavy atom. The summed E-state index contributed by atoms with van der Waals surface area (Å²) in [7, 11) is 0. The summed E-state index contributed by atoms with van der Waals surface area (Å²) in [5.74, 6) is 1.85. The Morgan fingerprint density at radius 1 is 1.14 bits per heavy atom. The zero-order chi connectivity index (χ0) is 20.4. The summed E-state index contributed by atoms with van der Waals surface area (Å²) in [6.07, 6.45) is 2.36. The topological polar surface area (TPSA) is 97.0 Å². The van der Waals surface area contributed by atoms with Crippen LogP contribution in [0.5, 0.6) is 0 Å². The van der Waals surface area contributed by atoms with E-state index in [1.807, 2.05) is 41.3 Å². The van der Waals surface area contributed by atoms with Gasteiger partial charge in [0.15, 0.2) is 5.82 Å². The van der Waals surface area contributed by atoms with Gasteiger partial charge in [0.05, 0.1) is 5.92 Å². The van der Waals surface area contributed by atoms with Crippen LogP contribution in [0.25, 0.3) is 11.5 Å². The molecule has 0 saturated carbocycles. The van der Waals surface area contributed by atoms with Crippen LogP contribution in [-0.4, -0.2) is 39.4 Å². The number of carbonyl (C=O) groups excluding carboxylic acids is 1. The number of aromatic nitrogens is 4. The number of anilines is 2. The Morgan fingerprint density at radius 2 is 1.90 bits per heavy atom. The van der Waals surface area contributed by atoms with Crippen molar-refractivity contribution in [2.75, 3.05) is 23.3 Å². The number of nitrogens with one attached hydrogen (secondary N) is 1. The van der Waals surface area contributed by atoms with Crippen LogP contribution < -0.4 is 10.2 Å². The lowest BCUT2D eigenvalue weighted by Crippen LogP contribution is -2.52.